The second-order valence-electron chi connectivity index (χ2n) is 9.54. The number of ether oxygens (including phenoxy) is 2. The number of epoxide rings is 1. The van der Waals surface area contributed by atoms with Gasteiger partial charge in [-0.1, -0.05) is 19.9 Å². The maximum atomic E-state index is 12.1. The maximum absolute atomic E-state index is 12.1. The van der Waals surface area contributed by atoms with Crippen LogP contribution in [0.2, 0.25) is 0 Å². The average molecular weight is 344 g/mol. The molecule has 1 saturated heterocycles. The molecule has 0 N–H and O–H groups in total. The van der Waals surface area contributed by atoms with Crippen molar-refractivity contribution in [3.8, 4) is 0 Å². The van der Waals surface area contributed by atoms with Gasteiger partial charge in [0.2, 0.25) is 0 Å². The molecule has 1 heterocycles. The van der Waals surface area contributed by atoms with Crippen LogP contribution >= 0.6 is 0 Å². The summed E-state index contributed by atoms with van der Waals surface area (Å²) in [6.45, 7) is 6.20. The maximum Gasteiger partial charge on any atom is 0.302 e. The fourth-order valence-corrected chi connectivity index (χ4v) is 7.42. The number of ketones is 1. The molecule has 5 aliphatic rings. The Bertz CT molecular complexity index is 683. The number of fused-ring (bicyclic) bond motifs is 4. The molecule has 136 valence electrons. The van der Waals surface area contributed by atoms with Gasteiger partial charge in [0.25, 0.3) is 0 Å². The zero-order chi connectivity index (χ0) is 17.6. The average Bonchev–Trinajstić information content (AvgIpc) is 3.22. The number of carbonyl (C=O) groups excluding carboxylic acids is 2. The van der Waals surface area contributed by atoms with E-state index in [9.17, 15) is 9.59 Å². The Balaban J connectivity index is 1.47. The number of carbonyl (C=O) groups is 2. The molecule has 4 aliphatic carbocycles. The van der Waals surface area contributed by atoms with Gasteiger partial charge in [0.1, 0.15) is 11.7 Å². The van der Waals surface area contributed by atoms with Crippen molar-refractivity contribution in [2.75, 3.05) is 0 Å². The second-order valence-corrected chi connectivity index (χ2v) is 9.54. The lowest BCUT2D eigenvalue weighted by atomic mass is 9.46. The molecule has 0 aromatic carbocycles. The summed E-state index contributed by atoms with van der Waals surface area (Å²) in [5.74, 6) is 1.86. The standard InChI is InChI=1S/C21H28O4/c1-12(22)24-17-5-4-14-13-6-11-21-18(25-21)16(23)8-10-20(21,3)15(13)7-9-19(14,17)2/h8,10,13-15,17-18H,4-7,9,11H2,1-3H3/t13-,14-,15-,17-,18-,19-,20+,21-/m0/s1. The summed E-state index contributed by atoms with van der Waals surface area (Å²) >= 11 is 0. The molecule has 0 radical (unpaired) electrons. The van der Waals surface area contributed by atoms with Gasteiger partial charge in [-0.15, -0.1) is 0 Å². The molecule has 4 fully saturated rings. The minimum Gasteiger partial charge on any atom is -0.462 e. The van der Waals surface area contributed by atoms with Gasteiger partial charge in [0.15, 0.2) is 11.9 Å². The molecule has 8 atom stereocenters. The second kappa shape index (κ2) is 4.76. The highest BCUT2D eigenvalue weighted by atomic mass is 16.6. The van der Waals surface area contributed by atoms with E-state index in [1.807, 2.05) is 0 Å². The molecule has 1 spiro atoms. The van der Waals surface area contributed by atoms with E-state index in [1.54, 1.807) is 6.08 Å². The van der Waals surface area contributed by atoms with Crippen LogP contribution in [0.1, 0.15) is 59.3 Å². The smallest absolute Gasteiger partial charge is 0.302 e. The molecule has 4 heteroatoms. The molecule has 0 unspecified atom stereocenters. The van der Waals surface area contributed by atoms with E-state index in [2.05, 4.69) is 19.9 Å². The van der Waals surface area contributed by atoms with E-state index in [4.69, 9.17) is 9.47 Å². The SMILES string of the molecule is CC(=O)O[C@H]1CC[C@H]2[C@@H]3CC[C@]45O[C@H]4C(=O)C=C[C@]5(C)[C@H]3CC[C@]12C. The summed E-state index contributed by atoms with van der Waals surface area (Å²) in [5, 5.41) is 0. The molecule has 1 aliphatic heterocycles. The molecule has 0 amide bonds. The van der Waals surface area contributed by atoms with Crippen LogP contribution in [0.4, 0.5) is 0 Å². The van der Waals surface area contributed by atoms with Crippen molar-refractivity contribution in [3.63, 3.8) is 0 Å². The van der Waals surface area contributed by atoms with Crippen LogP contribution in [0.25, 0.3) is 0 Å². The molecule has 4 nitrogen and oxygen atoms in total. The third kappa shape index (κ3) is 1.82. The molecule has 0 bridgehead atoms. The van der Waals surface area contributed by atoms with Gasteiger partial charge in [-0.05, 0) is 62.4 Å². The van der Waals surface area contributed by atoms with Gasteiger partial charge in [-0.2, -0.15) is 0 Å². The van der Waals surface area contributed by atoms with Crippen molar-refractivity contribution < 1.29 is 19.1 Å². The monoisotopic (exact) mass is 344 g/mol. The van der Waals surface area contributed by atoms with Crippen LogP contribution in [0, 0.1) is 28.6 Å². The largest absolute Gasteiger partial charge is 0.462 e. The third-order valence-electron chi connectivity index (χ3n) is 8.74. The summed E-state index contributed by atoms with van der Waals surface area (Å²) in [4.78, 5) is 23.6. The molecular weight excluding hydrogens is 316 g/mol. The Morgan fingerprint density at radius 1 is 1.16 bits per heavy atom. The van der Waals surface area contributed by atoms with Crippen LogP contribution in [-0.2, 0) is 19.1 Å². The summed E-state index contributed by atoms with van der Waals surface area (Å²) in [6.07, 6.45) is 10.4. The first-order valence-corrected chi connectivity index (χ1v) is 9.90. The van der Waals surface area contributed by atoms with Gasteiger partial charge >= 0.3 is 5.97 Å². The van der Waals surface area contributed by atoms with E-state index >= 15 is 0 Å². The van der Waals surface area contributed by atoms with Crippen LogP contribution in [0.15, 0.2) is 12.2 Å². The fourth-order valence-electron chi connectivity index (χ4n) is 7.42. The Labute approximate surface area is 149 Å². The Kier molecular flexibility index (Phi) is 3.06. The van der Waals surface area contributed by atoms with Crippen molar-refractivity contribution in [1.29, 1.82) is 0 Å². The Morgan fingerprint density at radius 3 is 2.72 bits per heavy atom. The van der Waals surface area contributed by atoms with Gasteiger partial charge in [-0.3, -0.25) is 9.59 Å². The number of hydrogen-bond acceptors (Lipinski definition) is 4. The quantitative estimate of drug-likeness (QED) is 0.540. The topological polar surface area (TPSA) is 55.9 Å². The van der Waals surface area contributed by atoms with E-state index in [0.29, 0.717) is 17.8 Å². The van der Waals surface area contributed by atoms with Crippen LogP contribution in [-0.4, -0.2) is 29.6 Å². The summed E-state index contributed by atoms with van der Waals surface area (Å²) in [7, 11) is 0. The van der Waals surface area contributed by atoms with Gasteiger partial charge < -0.3 is 9.47 Å². The van der Waals surface area contributed by atoms with Crippen LogP contribution in [0.3, 0.4) is 0 Å². The highest BCUT2D eigenvalue weighted by Gasteiger charge is 2.75. The highest BCUT2D eigenvalue weighted by molar-refractivity contribution is 5.98. The number of hydrogen-bond donors (Lipinski definition) is 0. The molecule has 0 aromatic heterocycles. The number of rotatable bonds is 1. The lowest BCUT2D eigenvalue weighted by Crippen LogP contribution is -2.57. The van der Waals surface area contributed by atoms with Crippen molar-refractivity contribution in [2.24, 2.45) is 28.6 Å². The molecule has 5 rings (SSSR count). The normalized spacial score (nSPS) is 55.6. The first-order chi connectivity index (χ1) is 11.8. The van der Waals surface area contributed by atoms with Gasteiger partial charge in [0.05, 0.1) is 0 Å². The van der Waals surface area contributed by atoms with Crippen molar-refractivity contribution >= 4 is 11.8 Å². The van der Waals surface area contributed by atoms with E-state index in [-0.39, 0.29) is 40.4 Å². The van der Waals surface area contributed by atoms with E-state index < -0.39 is 0 Å². The summed E-state index contributed by atoms with van der Waals surface area (Å²) in [6, 6.07) is 0. The first kappa shape index (κ1) is 16.0. The first-order valence-electron chi connectivity index (χ1n) is 9.90. The van der Waals surface area contributed by atoms with Crippen LogP contribution in [0.5, 0.6) is 0 Å². The lowest BCUT2D eigenvalue weighted by molar-refractivity contribution is -0.158. The predicted octanol–water partition coefficient (Wildman–Crippen LogP) is 3.44. The number of esters is 1. The Hall–Kier alpha value is -1.16. The molecular formula is C21H28O4. The lowest BCUT2D eigenvalue weighted by Gasteiger charge is -2.57. The minimum absolute atomic E-state index is 0.0185. The van der Waals surface area contributed by atoms with Gasteiger partial charge in [-0.25, -0.2) is 0 Å². The Morgan fingerprint density at radius 2 is 1.96 bits per heavy atom. The van der Waals surface area contributed by atoms with Gasteiger partial charge in [0, 0.05) is 17.8 Å². The van der Waals surface area contributed by atoms with Crippen molar-refractivity contribution in [3.05, 3.63) is 12.2 Å². The molecule has 25 heavy (non-hydrogen) atoms. The van der Waals surface area contributed by atoms with Crippen LogP contribution < -0.4 is 0 Å². The van der Waals surface area contributed by atoms with Crippen molar-refractivity contribution in [2.45, 2.75) is 77.1 Å². The minimum atomic E-state index is -0.221. The predicted molar refractivity (Wildman–Crippen MR) is 91.7 cm³/mol. The van der Waals surface area contributed by atoms with E-state index in [0.717, 1.165) is 38.5 Å². The fraction of sp³-hybridized carbons (Fsp3) is 0.810. The zero-order valence-corrected chi connectivity index (χ0v) is 15.4. The summed E-state index contributed by atoms with van der Waals surface area (Å²) < 4.78 is 11.8. The van der Waals surface area contributed by atoms with E-state index in [1.165, 1.54) is 6.92 Å². The highest BCUT2D eigenvalue weighted by Crippen LogP contribution is 2.71. The zero-order valence-electron chi connectivity index (χ0n) is 15.4. The third-order valence-corrected chi connectivity index (χ3v) is 8.74. The molecule has 0 aromatic rings. The summed E-state index contributed by atoms with van der Waals surface area (Å²) in [5.41, 5.74) is -0.122. The molecule has 3 saturated carbocycles. The van der Waals surface area contributed by atoms with Crippen molar-refractivity contribution in [1.82, 2.24) is 0 Å².